The van der Waals surface area contributed by atoms with Crippen molar-refractivity contribution in [3.05, 3.63) is 12.3 Å². The van der Waals surface area contributed by atoms with Gasteiger partial charge < -0.3 is 10.4 Å². The lowest BCUT2D eigenvalue weighted by Crippen LogP contribution is -2.21. The van der Waals surface area contributed by atoms with Crippen LogP contribution in [0, 0.1) is 0 Å². The fraction of sp³-hybridized carbons (Fsp3) is 0.667. The van der Waals surface area contributed by atoms with Gasteiger partial charge in [0.25, 0.3) is 0 Å². The summed E-state index contributed by atoms with van der Waals surface area (Å²) in [6.45, 7) is 7.79. The third-order valence-electron chi connectivity index (χ3n) is 0.699. The van der Waals surface area contributed by atoms with Crippen LogP contribution >= 0.6 is 0 Å². The van der Waals surface area contributed by atoms with Crippen molar-refractivity contribution in [2.75, 3.05) is 6.54 Å². The van der Waals surface area contributed by atoms with Gasteiger partial charge >= 0.3 is 0 Å². The molecule has 0 bridgehead atoms. The second kappa shape index (κ2) is 3.50. The highest BCUT2D eigenvalue weighted by atomic mass is 16.3. The van der Waals surface area contributed by atoms with Gasteiger partial charge in [-0.3, -0.25) is 0 Å². The molecule has 8 heavy (non-hydrogen) atoms. The smallest absolute Gasteiger partial charge is 0.0684 e. The Hall–Kier alpha value is -0.500. The molecule has 1 unspecified atom stereocenters. The summed E-state index contributed by atoms with van der Waals surface area (Å²) in [6, 6.07) is 0. The Morgan fingerprint density at radius 3 is 2.50 bits per heavy atom. The van der Waals surface area contributed by atoms with E-state index in [2.05, 4.69) is 11.9 Å². The van der Waals surface area contributed by atoms with Crippen LogP contribution in [0.4, 0.5) is 0 Å². The minimum Gasteiger partial charge on any atom is -0.392 e. The van der Waals surface area contributed by atoms with Gasteiger partial charge in [0.1, 0.15) is 0 Å². The topological polar surface area (TPSA) is 32.3 Å². The van der Waals surface area contributed by atoms with Gasteiger partial charge in [-0.25, -0.2) is 0 Å². The zero-order valence-corrected chi connectivity index (χ0v) is 5.44. The van der Waals surface area contributed by atoms with E-state index in [1.807, 2.05) is 6.92 Å². The highest BCUT2D eigenvalue weighted by Gasteiger charge is 1.90. The summed E-state index contributed by atoms with van der Waals surface area (Å²) in [7, 11) is 0. The SMILES string of the molecule is C=C(C)NCC(C)O. The molecule has 2 heteroatoms. The number of rotatable bonds is 3. The molecule has 0 aromatic rings. The Morgan fingerprint density at radius 2 is 2.38 bits per heavy atom. The first-order chi connectivity index (χ1) is 3.63. The second-order valence-electron chi connectivity index (χ2n) is 2.01. The van der Waals surface area contributed by atoms with E-state index in [1.54, 1.807) is 6.92 Å². The van der Waals surface area contributed by atoms with Crippen molar-refractivity contribution in [1.82, 2.24) is 5.32 Å². The number of hydrogen-bond donors (Lipinski definition) is 2. The molecule has 0 amide bonds. The van der Waals surface area contributed by atoms with Crippen LogP contribution in [0.1, 0.15) is 13.8 Å². The standard InChI is InChI=1S/C6H13NO/c1-5(2)7-4-6(3)8/h6-8H,1,4H2,2-3H3. The van der Waals surface area contributed by atoms with E-state index in [0.29, 0.717) is 6.54 Å². The van der Waals surface area contributed by atoms with Crippen molar-refractivity contribution in [2.45, 2.75) is 20.0 Å². The fourth-order valence-corrected chi connectivity index (χ4v) is 0.322. The van der Waals surface area contributed by atoms with Crippen molar-refractivity contribution in [3.8, 4) is 0 Å². The van der Waals surface area contributed by atoms with E-state index in [1.165, 1.54) is 0 Å². The number of aliphatic hydroxyl groups is 1. The van der Waals surface area contributed by atoms with E-state index >= 15 is 0 Å². The lowest BCUT2D eigenvalue weighted by molar-refractivity contribution is 0.195. The van der Waals surface area contributed by atoms with Gasteiger partial charge in [-0.1, -0.05) is 6.58 Å². The summed E-state index contributed by atoms with van der Waals surface area (Å²) < 4.78 is 0. The molecule has 0 rings (SSSR count). The molecule has 0 saturated carbocycles. The Bertz CT molecular complexity index is 78.6. The fourth-order valence-electron chi connectivity index (χ4n) is 0.322. The molecular formula is C6H13NO. The molecule has 0 spiro atoms. The molecule has 2 N–H and O–H groups in total. The lowest BCUT2D eigenvalue weighted by Gasteiger charge is -2.05. The van der Waals surface area contributed by atoms with Crippen LogP contribution in [-0.4, -0.2) is 17.8 Å². The maximum Gasteiger partial charge on any atom is 0.0684 e. The van der Waals surface area contributed by atoms with Crippen LogP contribution in [0.25, 0.3) is 0 Å². The largest absolute Gasteiger partial charge is 0.392 e. The number of nitrogens with one attached hydrogen (secondary N) is 1. The minimum atomic E-state index is -0.285. The molecule has 0 aromatic carbocycles. The third kappa shape index (κ3) is 5.50. The molecule has 0 fully saturated rings. The third-order valence-corrected chi connectivity index (χ3v) is 0.699. The van der Waals surface area contributed by atoms with Crippen molar-refractivity contribution in [2.24, 2.45) is 0 Å². The van der Waals surface area contributed by atoms with Crippen LogP contribution in [0.15, 0.2) is 12.3 Å². The Labute approximate surface area is 50.2 Å². The van der Waals surface area contributed by atoms with Crippen molar-refractivity contribution in [3.63, 3.8) is 0 Å². The van der Waals surface area contributed by atoms with Gasteiger partial charge in [0.05, 0.1) is 6.10 Å². The monoisotopic (exact) mass is 115 g/mol. The molecule has 0 aromatic heterocycles. The predicted octanol–water partition coefficient (Wildman–Crippen LogP) is 0.490. The van der Waals surface area contributed by atoms with E-state index in [-0.39, 0.29) is 6.10 Å². The normalized spacial score (nSPS) is 12.9. The molecular weight excluding hydrogens is 102 g/mol. The Balaban J connectivity index is 3.05. The van der Waals surface area contributed by atoms with E-state index in [0.717, 1.165) is 5.70 Å². The molecule has 0 saturated heterocycles. The quantitative estimate of drug-likeness (QED) is 0.561. The first-order valence-electron chi connectivity index (χ1n) is 2.70. The summed E-state index contributed by atoms with van der Waals surface area (Å²) >= 11 is 0. The van der Waals surface area contributed by atoms with Crippen molar-refractivity contribution in [1.29, 1.82) is 0 Å². The Morgan fingerprint density at radius 1 is 1.88 bits per heavy atom. The maximum absolute atomic E-state index is 8.70. The van der Waals surface area contributed by atoms with Crippen LogP contribution in [-0.2, 0) is 0 Å². The van der Waals surface area contributed by atoms with Crippen LogP contribution in [0.3, 0.4) is 0 Å². The van der Waals surface area contributed by atoms with Crippen molar-refractivity contribution >= 4 is 0 Å². The number of allylic oxidation sites excluding steroid dienone is 1. The molecule has 0 radical (unpaired) electrons. The van der Waals surface area contributed by atoms with Crippen molar-refractivity contribution < 1.29 is 5.11 Å². The molecule has 0 aliphatic rings. The zero-order valence-electron chi connectivity index (χ0n) is 5.44. The molecule has 0 heterocycles. The molecule has 0 aliphatic heterocycles. The van der Waals surface area contributed by atoms with Crippen LogP contribution in [0.5, 0.6) is 0 Å². The Kier molecular flexibility index (Phi) is 3.28. The highest BCUT2D eigenvalue weighted by molar-refractivity contribution is 4.84. The van der Waals surface area contributed by atoms with Gasteiger partial charge in [-0.2, -0.15) is 0 Å². The summed E-state index contributed by atoms with van der Waals surface area (Å²) in [5, 5.41) is 11.6. The summed E-state index contributed by atoms with van der Waals surface area (Å²) in [5.41, 5.74) is 0.894. The first-order valence-corrected chi connectivity index (χ1v) is 2.70. The van der Waals surface area contributed by atoms with E-state index < -0.39 is 0 Å². The highest BCUT2D eigenvalue weighted by Crippen LogP contribution is 1.80. The molecule has 0 aliphatic carbocycles. The van der Waals surface area contributed by atoms with E-state index in [4.69, 9.17) is 5.11 Å². The van der Waals surface area contributed by atoms with Gasteiger partial charge in [-0.15, -0.1) is 0 Å². The van der Waals surface area contributed by atoms with Crippen LogP contribution in [0.2, 0.25) is 0 Å². The zero-order chi connectivity index (χ0) is 6.57. The lowest BCUT2D eigenvalue weighted by atomic mass is 10.4. The molecule has 2 nitrogen and oxygen atoms in total. The average Bonchev–Trinajstić information content (AvgIpc) is 1.61. The summed E-state index contributed by atoms with van der Waals surface area (Å²) in [4.78, 5) is 0. The minimum absolute atomic E-state index is 0.285. The number of hydrogen-bond acceptors (Lipinski definition) is 2. The van der Waals surface area contributed by atoms with Gasteiger partial charge in [0, 0.05) is 12.2 Å². The predicted molar refractivity (Wildman–Crippen MR) is 34.5 cm³/mol. The average molecular weight is 115 g/mol. The van der Waals surface area contributed by atoms with Gasteiger partial charge in [0.15, 0.2) is 0 Å². The number of aliphatic hydroxyl groups excluding tert-OH is 1. The van der Waals surface area contributed by atoms with E-state index in [9.17, 15) is 0 Å². The second-order valence-corrected chi connectivity index (χ2v) is 2.01. The van der Waals surface area contributed by atoms with Gasteiger partial charge in [0.2, 0.25) is 0 Å². The molecule has 48 valence electrons. The first kappa shape index (κ1) is 7.50. The summed E-state index contributed by atoms with van der Waals surface area (Å²) in [5.74, 6) is 0. The van der Waals surface area contributed by atoms with Gasteiger partial charge in [-0.05, 0) is 13.8 Å². The van der Waals surface area contributed by atoms with Crippen LogP contribution < -0.4 is 5.32 Å². The summed E-state index contributed by atoms with van der Waals surface area (Å²) in [6.07, 6.45) is -0.285. The molecule has 1 atom stereocenters. The maximum atomic E-state index is 8.70.